The van der Waals surface area contributed by atoms with E-state index in [2.05, 4.69) is 93.6 Å². The van der Waals surface area contributed by atoms with Crippen molar-refractivity contribution in [3.05, 3.63) is 223 Å². The van der Waals surface area contributed by atoms with Crippen LogP contribution in [0.5, 0.6) is 0 Å². The molecule has 0 aliphatic heterocycles. The minimum absolute atomic E-state index is 0.0125. The topological polar surface area (TPSA) is 481 Å². The number of fused-ring (bicyclic) bond motifs is 8. The normalized spacial score (nSPS) is 12.5. The van der Waals surface area contributed by atoms with Crippen LogP contribution in [0.4, 0.5) is 0 Å². The maximum absolute atomic E-state index is 12.0. The van der Waals surface area contributed by atoms with E-state index < -0.39 is 0 Å². The molecule has 3 unspecified atom stereocenters. The van der Waals surface area contributed by atoms with Crippen molar-refractivity contribution >= 4 is 171 Å². The van der Waals surface area contributed by atoms with Crippen LogP contribution in [-0.4, -0.2) is 153 Å². The van der Waals surface area contributed by atoms with Crippen LogP contribution in [0.15, 0.2) is 136 Å². The Balaban J connectivity index is 0.000000162. The fourth-order valence-electron chi connectivity index (χ4n) is 13.9. The summed E-state index contributed by atoms with van der Waals surface area (Å²) in [6.07, 6.45) is 16.6. The number of aromatic amines is 8. The van der Waals surface area contributed by atoms with E-state index in [-0.39, 0.29) is 112 Å². The number of methoxy groups -OCH3 is 1. The van der Waals surface area contributed by atoms with Crippen molar-refractivity contribution in [1.82, 2.24) is 116 Å². The molecule has 0 bridgehead atoms. The van der Waals surface area contributed by atoms with Gasteiger partial charge in [0.15, 0.2) is 45.2 Å². The van der Waals surface area contributed by atoms with Crippen LogP contribution in [0.3, 0.4) is 0 Å². The molecular formula is C82H102Cl7N25O11. The Kier molecular flexibility index (Phi) is 33.7. The van der Waals surface area contributed by atoms with Crippen molar-refractivity contribution in [2.24, 2.45) is 11.1 Å². The maximum atomic E-state index is 12.0. The van der Waals surface area contributed by atoms with Crippen LogP contribution in [0.25, 0.3) is 89.3 Å². The van der Waals surface area contributed by atoms with Gasteiger partial charge in [-0.25, -0.2) is 78.2 Å². The molecule has 0 aromatic carbocycles. The second kappa shape index (κ2) is 42.9. The summed E-state index contributed by atoms with van der Waals surface area (Å²) in [5.74, 6) is 0. The van der Waals surface area contributed by atoms with Crippen molar-refractivity contribution in [1.29, 1.82) is 0 Å². The highest BCUT2D eigenvalue weighted by molar-refractivity contribution is 6.33. The van der Waals surface area contributed by atoms with Crippen molar-refractivity contribution in [3.8, 4) is 0 Å². The molecule has 0 amide bonds. The monoisotopic (exact) mass is 1860 g/mol. The molecule has 0 radical (unpaired) electrons. The van der Waals surface area contributed by atoms with E-state index in [1.165, 1.54) is 52.5 Å². The summed E-state index contributed by atoms with van der Waals surface area (Å²) in [5, 5.41) is 21.9. The number of nitrogens with two attached hydrogens (primary N) is 1. The zero-order valence-electron chi connectivity index (χ0n) is 71.7. The molecule has 16 rings (SSSR count). The van der Waals surface area contributed by atoms with Crippen molar-refractivity contribution in [2.75, 3.05) is 26.9 Å². The van der Waals surface area contributed by atoms with E-state index in [0.717, 1.165) is 65.3 Å². The number of imidazole rings is 8. The molecule has 16 aromatic heterocycles. The zero-order valence-corrected chi connectivity index (χ0v) is 77.0. The van der Waals surface area contributed by atoms with Crippen LogP contribution in [0.2, 0.25) is 35.2 Å². The fraction of sp³-hybridized carbons (Fsp3) is 0.415. The molecule has 43 heteroatoms. The number of hydrogen-bond donors (Lipinski definition) is 11. The minimum Gasteiger partial charge on any atom is -0.395 e. The lowest BCUT2D eigenvalue weighted by Gasteiger charge is -2.29. The number of aromatic nitrogens is 24. The van der Waals surface area contributed by atoms with Gasteiger partial charge in [-0.1, -0.05) is 137 Å². The summed E-state index contributed by atoms with van der Waals surface area (Å²) in [6.45, 7) is 30.8. The predicted molar refractivity (Wildman–Crippen MR) is 495 cm³/mol. The molecule has 0 saturated carbocycles. The second-order valence-corrected chi connectivity index (χ2v) is 34.3. The lowest BCUT2D eigenvalue weighted by molar-refractivity contribution is 0.138. The number of nitrogens with zero attached hydrogens (tertiary/aromatic N) is 16. The Hall–Kier alpha value is -10.8. The third-order valence-electron chi connectivity index (χ3n) is 20.3. The van der Waals surface area contributed by atoms with E-state index >= 15 is 0 Å². The predicted octanol–water partition coefficient (Wildman–Crippen LogP) is 14.6. The summed E-state index contributed by atoms with van der Waals surface area (Å²) >= 11 is 40.9. The average Bonchev–Trinajstić information content (AvgIpc) is 1.59. The third kappa shape index (κ3) is 23.1. The average molecular weight is 1860 g/mol. The van der Waals surface area contributed by atoms with E-state index in [4.69, 9.17) is 96.8 Å². The third-order valence-corrected chi connectivity index (χ3v) is 21.7. The zero-order chi connectivity index (χ0) is 92.0. The van der Waals surface area contributed by atoms with Gasteiger partial charge in [-0.05, 0) is 140 Å². The van der Waals surface area contributed by atoms with E-state index in [1.807, 2.05) is 96.1 Å². The van der Waals surface area contributed by atoms with Crippen molar-refractivity contribution < 1.29 is 14.9 Å². The van der Waals surface area contributed by atoms with Gasteiger partial charge in [0.05, 0.1) is 118 Å². The Labute approximate surface area is 748 Å². The van der Waals surface area contributed by atoms with Gasteiger partial charge in [0, 0.05) is 92.9 Å². The summed E-state index contributed by atoms with van der Waals surface area (Å²) in [6, 6.07) is 14.2. The van der Waals surface area contributed by atoms with Crippen molar-refractivity contribution in [2.45, 2.75) is 191 Å². The van der Waals surface area contributed by atoms with E-state index in [9.17, 15) is 43.5 Å². The van der Waals surface area contributed by atoms with Crippen LogP contribution in [0.1, 0.15) is 178 Å². The summed E-state index contributed by atoms with van der Waals surface area (Å²) < 4.78 is 18.2. The first kappa shape index (κ1) is 98.0. The van der Waals surface area contributed by atoms with Gasteiger partial charge in [0.2, 0.25) is 0 Å². The molecule has 12 N–H and O–H groups in total. The molecule has 4 atom stereocenters. The number of pyridine rings is 8. The van der Waals surface area contributed by atoms with Gasteiger partial charge >= 0.3 is 45.5 Å². The van der Waals surface area contributed by atoms with E-state index in [1.54, 1.807) is 83.2 Å². The number of ether oxygens (including phenoxy) is 1. The number of H-pyrrole nitrogens is 8. The molecule has 16 aromatic rings. The molecule has 0 aliphatic carbocycles. The first-order valence-corrected chi connectivity index (χ1v) is 42.6. The standard InChI is InChI=1S/C12H16ClN3O2.C12H18N4O.C11H14ClN3O2.3C10H12ClN3O.C9H10ClN3O.C8H8ClN3O2/c1-12(2,3)9(6-17)16-8-4-7(13)5-14-10(8)15-11(16)18;1-3-9(4-2)16-10-8(7-13)5-6-14-11(10)15-12(16)17;1-3-8(6-17-2)15-9-4-7(12)5-13-10(9)14-11(15)16;1-10(2,3)14-7-4-6(11)5-12-8(7)13-9(14)15;2*1-3-6(2)14-8-4-7(11)5-12-9(8)13-10(14)15;1-5(2)13-7-3-6(10)4-11-8(7)12-9(13)14;9-5-3-6-7(10-4-5)11-8(14)12(6)1-2-13/h4-5,9,17H,6H2,1-3H3,(H,14,15,18);5-6,9H,3-4,7,13H2,1-2H3,(H,14,15,17);4-5,8H,3,6H2,1-2H3,(H,13,14,16);4-5H,1-3H3,(H,12,13,15);2*4-6H,3H2,1-2H3,(H,12,13,15);3-5H,1-2H3,(H,11,12,14);3-4,13H,1-2H2,(H,10,11,14)/t;;;;6-;;;/m....1.../s1. The number of hydrogen-bond acceptors (Lipinski definition) is 20. The summed E-state index contributed by atoms with van der Waals surface area (Å²) in [4.78, 5) is 148. The highest BCUT2D eigenvalue weighted by atomic mass is 35.5. The first-order valence-electron chi connectivity index (χ1n) is 40.0. The molecule has 0 aliphatic rings. The Morgan fingerprint density at radius 2 is 0.720 bits per heavy atom. The number of aliphatic hydroxyl groups excluding tert-OH is 2. The van der Waals surface area contributed by atoms with Gasteiger partial charge < -0.3 is 20.7 Å². The highest BCUT2D eigenvalue weighted by Crippen LogP contribution is 2.33. The smallest absolute Gasteiger partial charge is 0.328 e. The Morgan fingerprint density at radius 3 is 1.08 bits per heavy atom. The van der Waals surface area contributed by atoms with Crippen LogP contribution in [-0.2, 0) is 23.4 Å². The molecule has 0 fully saturated rings. The van der Waals surface area contributed by atoms with Crippen LogP contribution in [0, 0.1) is 5.41 Å². The molecule has 0 saturated heterocycles. The SMILES string of the molecule is CC(C)(C)C(CO)n1c(=O)[nH]c2ncc(Cl)cc21.CC(C)(C)n1c(=O)[nH]c2ncc(Cl)cc21.CC(C)n1c(=O)[nH]c2ncc(Cl)cc21.CCC(C)n1c(=O)[nH]c2ncc(Cl)cc21.CCC(CC)n1c(=O)[nH]c2nccc(CN)c21.CCC(COC)n1c(=O)[nH]c2ncc(Cl)cc21.CC[C@@H](C)n1c(=O)[nH]c2ncc(Cl)cc21.O=c1[nH]c2ncc(Cl)cc2n1CCO. The van der Waals surface area contributed by atoms with Gasteiger partial charge in [0.25, 0.3) is 0 Å². The highest BCUT2D eigenvalue weighted by Gasteiger charge is 2.30. The number of rotatable bonds is 17. The van der Waals surface area contributed by atoms with Gasteiger partial charge in [0.1, 0.15) is 0 Å². The Bertz CT molecular complexity index is 6810. The van der Waals surface area contributed by atoms with Crippen LogP contribution < -0.4 is 51.3 Å². The molecule has 125 heavy (non-hydrogen) atoms. The molecule has 0 spiro atoms. The maximum Gasteiger partial charge on any atom is 0.328 e. The van der Waals surface area contributed by atoms with E-state index in [0.29, 0.717) is 110 Å². The summed E-state index contributed by atoms with van der Waals surface area (Å²) in [5.41, 5.74) is 15.0. The van der Waals surface area contributed by atoms with Gasteiger partial charge in [-0.2, -0.15) is 0 Å². The van der Waals surface area contributed by atoms with Gasteiger partial charge in [-0.15, -0.1) is 0 Å². The molecule has 16 heterocycles. The number of nitrogens with one attached hydrogen (secondary N) is 8. The van der Waals surface area contributed by atoms with Crippen LogP contribution >= 0.6 is 81.2 Å². The molecule has 670 valence electrons. The summed E-state index contributed by atoms with van der Waals surface area (Å²) in [7, 11) is 1.62. The molecule has 36 nitrogen and oxygen atoms in total. The fourth-order valence-corrected chi connectivity index (χ4v) is 14.9. The van der Waals surface area contributed by atoms with Gasteiger partial charge in [-0.3, -0.25) is 76.4 Å². The minimum atomic E-state index is -0.334. The lowest BCUT2D eigenvalue weighted by Crippen LogP contribution is -2.33. The second-order valence-electron chi connectivity index (χ2n) is 31.2. The number of halogens is 7. The Morgan fingerprint density at radius 1 is 0.400 bits per heavy atom. The lowest BCUT2D eigenvalue weighted by atomic mass is 9.87. The quantitative estimate of drug-likeness (QED) is 0.0403. The number of aliphatic hydroxyl groups is 2. The van der Waals surface area contributed by atoms with Crippen molar-refractivity contribution in [3.63, 3.8) is 0 Å². The first-order chi connectivity index (χ1) is 59.2. The largest absolute Gasteiger partial charge is 0.395 e. The molecular weight excluding hydrogens is 1760 g/mol.